The van der Waals surface area contributed by atoms with Crippen molar-refractivity contribution >= 4 is 0 Å². The van der Waals surface area contributed by atoms with Gasteiger partial charge in [0.05, 0.1) is 6.61 Å². The van der Waals surface area contributed by atoms with E-state index in [0.29, 0.717) is 0 Å². The first-order chi connectivity index (χ1) is 6.58. The molecule has 14 heavy (non-hydrogen) atoms. The molecule has 0 aliphatic rings. The summed E-state index contributed by atoms with van der Waals surface area (Å²) in [6.45, 7) is 4.82. The summed E-state index contributed by atoms with van der Waals surface area (Å²) < 4.78 is 5.55. The lowest BCUT2D eigenvalue weighted by Gasteiger charge is -2.17. The maximum atomic E-state index is 5.86. The standard InChI is InChI=1S/C12H19NO/c1-12(2,13)9-6-10-14-11-7-4-3-5-8-11/h3-5,7-8H,6,9-10,13H2,1-2H3. The van der Waals surface area contributed by atoms with Crippen molar-refractivity contribution in [2.75, 3.05) is 6.61 Å². The highest BCUT2D eigenvalue weighted by atomic mass is 16.5. The molecule has 1 aromatic carbocycles. The summed E-state index contributed by atoms with van der Waals surface area (Å²) in [5.41, 5.74) is 5.78. The summed E-state index contributed by atoms with van der Waals surface area (Å²) in [7, 11) is 0. The molecule has 0 aliphatic carbocycles. The quantitative estimate of drug-likeness (QED) is 0.729. The van der Waals surface area contributed by atoms with Gasteiger partial charge < -0.3 is 10.5 Å². The monoisotopic (exact) mass is 193 g/mol. The minimum Gasteiger partial charge on any atom is -0.494 e. The molecule has 0 bridgehead atoms. The highest BCUT2D eigenvalue weighted by Gasteiger charge is 2.09. The fourth-order valence-electron chi connectivity index (χ4n) is 1.23. The second kappa shape index (κ2) is 5.01. The maximum Gasteiger partial charge on any atom is 0.119 e. The molecule has 0 atom stereocenters. The van der Waals surface area contributed by atoms with Crippen LogP contribution in [0.5, 0.6) is 5.75 Å². The largest absolute Gasteiger partial charge is 0.494 e. The van der Waals surface area contributed by atoms with E-state index in [0.717, 1.165) is 25.2 Å². The molecule has 0 aromatic heterocycles. The topological polar surface area (TPSA) is 35.2 Å². The summed E-state index contributed by atoms with van der Waals surface area (Å²) in [5.74, 6) is 0.933. The highest BCUT2D eigenvalue weighted by Crippen LogP contribution is 2.11. The molecule has 0 amide bonds. The van der Waals surface area contributed by atoms with E-state index in [9.17, 15) is 0 Å². The zero-order valence-electron chi connectivity index (χ0n) is 8.99. The Labute approximate surface area is 86.1 Å². The Morgan fingerprint density at radius 3 is 2.43 bits per heavy atom. The van der Waals surface area contributed by atoms with Crippen LogP contribution >= 0.6 is 0 Å². The van der Waals surface area contributed by atoms with Gasteiger partial charge in [-0.1, -0.05) is 18.2 Å². The van der Waals surface area contributed by atoms with Gasteiger partial charge >= 0.3 is 0 Å². The number of benzene rings is 1. The van der Waals surface area contributed by atoms with E-state index in [1.165, 1.54) is 0 Å². The third-order valence-corrected chi connectivity index (χ3v) is 1.98. The van der Waals surface area contributed by atoms with Crippen LogP contribution in [-0.2, 0) is 0 Å². The van der Waals surface area contributed by atoms with Crippen molar-refractivity contribution in [2.45, 2.75) is 32.2 Å². The molecule has 0 unspecified atom stereocenters. The molecule has 0 fully saturated rings. The molecule has 1 rings (SSSR count). The molecule has 0 saturated carbocycles. The Morgan fingerprint density at radius 1 is 1.21 bits per heavy atom. The predicted octanol–water partition coefficient (Wildman–Crippen LogP) is 2.58. The number of ether oxygens (including phenoxy) is 1. The van der Waals surface area contributed by atoms with E-state index >= 15 is 0 Å². The molecule has 78 valence electrons. The van der Waals surface area contributed by atoms with Crippen LogP contribution in [0.1, 0.15) is 26.7 Å². The van der Waals surface area contributed by atoms with E-state index in [-0.39, 0.29) is 5.54 Å². The second-order valence-corrected chi connectivity index (χ2v) is 4.25. The van der Waals surface area contributed by atoms with E-state index in [1.54, 1.807) is 0 Å². The fraction of sp³-hybridized carbons (Fsp3) is 0.500. The van der Waals surface area contributed by atoms with E-state index < -0.39 is 0 Å². The molecule has 2 nitrogen and oxygen atoms in total. The Kier molecular flexibility index (Phi) is 3.96. The zero-order valence-corrected chi connectivity index (χ0v) is 8.99. The first-order valence-electron chi connectivity index (χ1n) is 5.05. The van der Waals surface area contributed by atoms with Crippen molar-refractivity contribution in [2.24, 2.45) is 5.73 Å². The molecule has 0 radical (unpaired) electrons. The summed E-state index contributed by atoms with van der Waals surface area (Å²) in [6, 6.07) is 9.86. The van der Waals surface area contributed by atoms with Crippen LogP contribution in [0, 0.1) is 0 Å². The van der Waals surface area contributed by atoms with Crippen molar-refractivity contribution in [3.63, 3.8) is 0 Å². The van der Waals surface area contributed by atoms with Crippen molar-refractivity contribution in [3.05, 3.63) is 30.3 Å². The second-order valence-electron chi connectivity index (χ2n) is 4.25. The summed E-state index contributed by atoms with van der Waals surface area (Å²) in [6.07, 6.45) is 1.98. The Morgan fingerprint density at radius 2 is 1.86 bits per heavy atom. The van der Waals surface area contributed by atoms with E-state index in [2.05, 4.69) is 0 Å². The van der Waals surface area contributed by atoms with Crippen LogP contribution in [-0.4, -0.2) is 12.1 Å². The number of hydrogen-bond donors (Lipinski definition) is 1. The lowest BCUT2D eigenvalue weighted by atomic mass is 10.0. The van der Waals surface area contributed by atoms with Gasteiger partial charge in [-0.05, 0) is 38.8 Å². The van der Waals surface area contributed by atoms with Crippen molar-refractivity contribution in [1.82, 2.24) is 0 Å². The minimum atomic E-state index is -0.0833. The van der Waals surface area contributed by atoms with Crippen LogP contribution in [0.2, 0.25) is 0 Å². The molecule has 0 heterocycles. The molecule has 0 spiro atoms. The molecule has 2 heteroatoms. The molecular formula is C12H19NO. The third-order valence-electron chi connectivity index (χ3n) is 1.98. The van der Waals surface area contributed by atoms with Crippen molar-refractivity contribution in [1.29, 1.82) is 0 Å². The van der Waals surface area contributed by atoms with Crippen LogP contribution in [0.25, 0.3) is 0 Å². The normalized spacial score (nSPS) is 11.4. The minimum absolute atomic E-state index is 0.0833. The van der Waals surface area contributed by atoms with Crippen LogP contribution in [0.4, 0.5) is 0 Å². The molecule has 0 aliphatic heterocycles. The van der Waals surface area contributed by atoms with Crippen LogP contribution < -0.4 is 10.5 Å². The SMILES string of the molecule is CC(C)(N)CCCOc1ccccc1. The van der Waals surface area contributed by atoms with Gasteiger partial charge in [0, 0.05) is 5.54 Å². The molecule has 0 saturated heterocycles. The Balaban J connectivity index is 2.17. The van der Waals surface area contributed by atoms with Crippen LogP contribution in [0.15, 0.2) is 30.3 Å². The first kappa shape index (κ1) is 11.1. The maximum absolute atomic E-state index is 5.86. The lowest BCUT2D eigenvalue weighted by Crippen LogP contribution is -2.32. The first-order valence-corrected chi connectivity index (χ1v) is 5.05. The van der Waals surface area contributed by atoms with Crippen molar-refractivity contribution in [3.8, 4) is 5.75 Å². The number of nitrogens with two attached hydrogens (primary N) is 1. The van der Waals surface area contributed by atoms with Gasteiger partial charge in [0.2, 0.25) is 0 Å². The molecular weight excluding hydrogens is 174 g/mol. The van der Waals surface area contributed by atoms with Gasteiger partial charge in [0.15, 0.2) is 0 Å². The summed E-state index contributed by atoms with van der Waals surface area (Å²) in [4.78, 5) is 0. The summed E-state index contributed by atoms with van der Waals surface area (Å²) >= 11 is 0. The highest BCUT2D eigenvalue weighted by molar-refractivity contribution is 5.20. The molecule has 1 aromatic rings. The zero-order chi connectivity index (χ0) is 10.4. The summed E-state index contributed by atoms with van der Waals surface area (Å²) in [5, 5.41) is 0. The van der Waals surface area contributed by atoms with Gasteiger partial charge in [0.25, 0.3) is 0 Å². The van der Waals surface area contributed by atoms with Gasteiger partial charge in [-0.15, -0.1) is 0 Å². The smallest absolute Gasteiger partial charge is 0.119 e. The lowest BCUT2D eigenvalue weighted by molar-refractivity contribution is 0.289. The number of rotatable bonds is 5. The van der Waals surface area contributed by atoms with Gasteiger partial charge in [-0.3, -0.25) is 0 Å². The third kappa shape index (κ3) is 4.87. The predicted molar refractivity (Wildman–Crippen MR) is 59.4 cm³/mol. The average Bonchev–Trinajstić information content (AvgIpc) is 2.13. The van der Waals surface area contributed by atoms with Crippen molar-refractivity contribution < 1.29 is 4.74 Å². The Hall–Kier alpha value is -1.02. The van der Waals surface area contributed by atoms with Gasteiger partial charge in [0.1, 0.15) is 5.75 Å². The number of para-hydroxylation sites is 1. The van der Waals surface area contributed by atoms with E-state index in [1.807, 2.05) is 44.2 Å². The van der Waals surface area contributed by atoms with Gasteiger partial charge in [-0.25, -0.2) is 0 Å². The van der Waals surface area contributed by atoms with Gasteiger partial charge in [-0.2, -0.15) is 0 Å². The van der Waals surface area contributed by atoms with Crippen LogP contribution in [0.3, 0.4) is 0 Å². The number of hydrogen-bond acceptors (Lipinski definition) is 2. The molecule has 2 N–H and O–H groups in total. The average molecular weight is 193 g/mol. The van der Waals surface area contributed by atoms with E-state index in [4.69, 9.17) is 10.5 Å². The fourth-order valence-corrected chi connectivity index (χ4v) is 1.23. The Bertz CT molecular complexity index is 251.